The zero-order valence-electron chi connectivity index (χ0n) is 28.0. The van der Waals surface area contributed by atoms with Crippen molar-refractivity contribution in [3.05, 3.63) is 182 Å². The van der Waals surface area contributed by atoms with Crippen LogP contribution in [0.4, 0.5) is 17.1 Å². The van der Waals surface area contributed by atoms with Crippen molar-refractivity contribution in [2.75, 3.05) is 4.90 Å². The summed E-state index contributed by atoms with van der Waals surface area (Å²) >= 11 is 0. The first-order chi connectivity index (χ1) is 25.8. The van der Waals surface area contributed by atoms with E-state index in [1.165, 1.54) is 16.3 Å². The molecule has 3 aromatic heterocycles. The third-order valence-electron chi connectivity index (χ3n) is 10.4. The summed E-state index contributed by atoms with van der Waals surface area (Å²) < 4.78 is 15.2. The quantitative estimate of drug-likeness (QED) is 0.183. The largest absolute Gasteiger partial charge is 0.456 e. The molecule has 0 atom stereocenters. The lowest BCUT2D eigenvalue weighted by molar-refractivity contribution is 0.668. The molecule has 0 radical (unpaired) electrons. The third-order valence-corrected chi connectivity index (χ3v) is 10.4. The summed E-state index contributed by atoms with van der Waals surface area (Å²) in [5, 5.41) is 6.86. The topological polar surface area (TPSA) is 34.5 Å². The van der Waals surface area contributed by atoms with Crippen molar-refractivity contribution in [3.8, 4) is 16.8 Å². The van der Waals surface area contributed by atoms with E-state index in [1.807, 2.05) is 24.3 Å². The van der Waals surface area contributed by atoms with Gasteiger partial charge in [-0.25, -0.2) is 0 Å². The van der Waals surface area contributed by atoms with E-state index in [0.29, 0.717) is 0 Å². The van der Waals surface area contributed by atoms with Crippen LogP contribution in [-0.4, -0.2) is 4.57 Å². The van der Waals surface area contributed by atoms with Crippen LogP contribution in [-0.2, 0) is 0 Å². The Labute approximate surface area is 299 Å². The Hall–Kier alpha value is -7.04. The fraction of sp³-hybridized carbons (Fsp3) is 0. The highest BCUT2D eigenvalue weighted by Gasteiger charge is 2.22. The zero-order chi connectivity index (χ0) is 34.2. The molecule has 0 spiro atoms. The van der Waals surface area contributed by atoms with Gasteiger partial charge < -0.3 is 18.3 Å². The van der Waals surface area contributed by atoms with E-state index in [-0.39, 0.29) is 0 Å². The summed E-state index contributed by atoms with van der Waals surface area (Å²) in [6.45, 7) is 0. The van der Waals surface area contributed by atoms with Crippen LogP contribution in [0, 0.1) is 0 Å². The van der Waals surface area contributed by atoms with Gasteiger partial charge in [0.05, 0.1) is 16.7 Å². The molecular weight excluding hydrogens is 637 g/mol. The molecule has 11 aromatic rings. The smallest absolute Gasteiger partial charge is 0.159 e. The maximum Gasteiger partial charge on any atom is 0.159 e. The fourth-order valence-corrected chi connectivity index (χ4v) is 8.02. The maximum absolute atomic E-state index is 6.67. The molecule has 11 rings (SSSR count). The van der Waals surface area contributed by atoms with E-state index in [4.69, 9.17) is 8.83 Å². The predicted molar refractivity (Wildman–Crippen MR) is 215 cm³/mol. The van der Waals surface area contributed by atoms with Crippen molar-refractivity contribution in [2.45, 2.75) is 0 Å². The number of aromatic nitrogens is 1. The summed E-state index contributed by atoms with van der Waals surface area (Å²) in [6.07, 6.45) is 0. The van der Waals surface area contributed by atoms with E-state index >= 15 is 0 Å². The summed E-state index contributed by atoms with van der Waals surface area (Å²) in [7, 11) is 0. The molecule has 0 amide bonds. The minimum Gasteiger partial charge on any atom is -0.456 e. The molecule has 3 heterocycles. The van der Waals surface area contributed by atoms with Gasteiger partial charge in [0.1, 0.15) is 16.7 Å². The SMILES string of the molecule is c1ccc(-n2c3ccccc3c3ccc(N(c4cccc(-c5ccc6oc7ccccc7c6c5)c4)c4cccc5c4oc4ccccc45)cc32)cc1. The molecule has 0 saturated carbocycles. The first-order valence-electron chi connectivity index (χ1n) is 17.6. The van der Waals surface area contributed by atoms with E-state index < -0.39 is 0 Å². The van der Waals surface area contributed by atoms with Crippen molar-refractivity contribution in [1.29, 1.82) is 0 Å². The monoisotopic (exact) mass is 666 g/mol. The van der Waals surface area contributed by atoms with Crippen molar-refractivity contribution in [1.82, 2.24) is 4.57 Å². The fourth-order valence-electron chi connectivity index (χ4n) is 8.02. The number of hydrogen-bond acceptors (Lipinski definition) is 3. The van der Waals surface area contributed by atoms with Gasteiger partial charge in [0, 0.05) is 49.4 Å². The zero-order valence-corrected chi connectivity index (χ0v) is 28.0. The summed E-state index contributed by atoms with van der Waals surface area (Å²) in [5.74, 6) is 0. The molecule has 52 heavy (non-hydrogen) atoms. The number of fused-ring (bicyclic) bond motifs is 9. The Bertz CT molecular complexity index is 3150. The Morgan fingerprint density at radius 3 is 1.87 bits per heavy atom. The van der Waals surface area contributed by atoms with Crippen LogP contribution >= 0.6 is 0 Å². The minimum absolute atomic E-state index is 0.851. The lowest BCUT2D eigenvalue weighted by Crippen LogP contribution is -2.10. The molecule has 0 aliphatic rings. The standard InChI is InChI=1S/C48H30N2O2/c1-2-13-33(14-3-1)50-42-20-7-4-16-36(42)37-26-25-35(30-44(37)50)49(43-21-11-19-40-38-17-5-9-23-46(38)52-48(40)43)34-15-10-12-31(28-34)32-24-27-47-41(29-32)39-18-6-8-22-45(39)51-47/h1-30H. The molecule has 0 bridgehead atoms. The first kappa shape index (κ1) is 28.8. The highest BCUT2D eigenvalue weighted by atomic mass is 16.3. The van der Waals surface area contributed by atoms with Crippen LogP contribution in [0.25, 0.3) is 82.5 Å². The van der Waals surface area contributed by atoms with Gasteiger partial charge in [-0.15, -0.1) is 0 Å². The molecule has 8 aromatic carbocycles. The van der Waals surface area contributed by atoms with Crippen molar-refractivity contribution >= 4 is 82.7 Å². The van der Waals surface area contributed by atoms with Crippen LogP contribution in [0.5, 0.6) is 0 Å². The first-order valence-corrected chi connectivity index (χ1v) is 17.6. The van der Waals surface area contributed by atoms with Gasteiger partial charge in [0.15, 0.2) is 5.58 Å². The second-order valence-corrected chi connectivity index (χ2v) is 13.3. The van der Waals surface area contributed by atoms with E-state index in [0.717, 1.165) is 83.3 Å². The van der Waals surface area contributed by atoms with Crippen LogP contribution in [0.15, 0.2) is 191 Å². The molecular formula is C48H30N2O2. The van der Waals surface area contributed by atoms with Gasteiger partial charge in [-0.3, -0.25) is 0 Å². The van der Waals surface area contributed by atoms with Gasteiger partial charge >= 0.3 is 0 Å². The second kappa shape index (κ2) is 11.2. The summed E-state index contributed by atoms with van der Waals surface area (Å²) in [4.78, 5) is 2.34. The Balaban J connectivity index is 1.16. The van der Waals surface area contributed by atoms with Gasteiger partial charge in [0.2, 0.25) is 0 Å². The Morgan fingerprint density at radius 2 is 1.00 bits per heavy atom. The molecule has 0 saturated heterocycles. The molecule has 0 fully saturated rings. The minimum atomic E-state index is 0.851. The molecule has 244 valence electrons. The predicted octanol–water partition coefficient (Wildman–Crippen LogP) is 13.7. The van der Waals surface area contributed by atoms with E-state index in [1.54, 1.807) is 0 Å². The normalized spacial score (nSPS) is 11.8. The van der Waals surface area contributed by atoms with Crippen LogP contribution in [0.1, 0.15) is 0 Å². The lowest BCUT2D eigenvalue weighted by atomic mass is 10.0. The lowest BCUT2D eigenvalue weighted by Gasteiger charge is -2.26. The molecule has 0 aliphatic carbocycles. The molecule has 4 nitrogen and oxygen atoms in total. The highest BCUT2D eigenvalue weighted by molar-refractivity contribution is 6.13. The summed E-state index contributed by atoms with van der Waals surface area (Å²) in [5.41, 5.74) is 12.2. The van der Waals surface area contributed by atoms with E-state index in [2.05, 4.69) is 167 Å². The second-order valence-electron chi connectivity index (χ2n) is 13.3. The van der Waals surface area contributed by atoms with Crippen LogP contribution in [0.2, 0.25) is 0 Å². The van der Waals surface area contributed by atoms with Crippen LogP contribution in [0.3, 0.4) is 0 Å². The number of para-hydroxylation sites is 5. The average molecular weight is 667 g/mol. The number of furan rings is 2. The van der Waals surface area contributed by atoms with Crippen LogP contribution < -0.4 is 4.90 Å². The Morgan fingerprint density at radius 1 is 0.365 bits per heavy atom. The highest BCUT2D eigenvalue weighted by Crippen LogP contribution is 2.45. The van der Waals surface area contributed by atoms with Gasteiger partial charge in [-0.2, -0.15) is 0 Å². The molecule has 4 heteroatoms. The molecule has 0 aliphatic heterocycles. The Kier molecular flexibility index (Phi) is 6.22. The van der Waals surface area contributed by atoms with Crippen molar-refractivity contribution in [3.63, 3.8) is 0 Å². The van der Waals surface area contributed by atoms with Crippen molar-refractivity contribution < 1.29 is 8.83 Å². The maximum atomic E-state index is 6.67. The van der Waals surface area contributed by atoms with E-state index in [9.17, 15) is 0 Å². The van der Waals surface area contributed by atoms with Gasteiger partial charge in [-0.05, 0) is 83.9 Å². The third kappa shape index (κ3) is 4.34. The number of nitrogens with zero attached hydrogens (tertiary/aromatic N) is 2. The number of rotatable bonds is 5. The molecule has 0 unspecified atom stereocenters. The number of benzene rings is 8. The average Bonchev–Trinajstić information content (AvgIpc) is 3.88. The number of anilines is 3. The number of hydrogen-bond donors (Lipinski definition) is 0. The van der Waals surface area contributed by atoms with Gasteiger partial charge in [-0.1, -0.05) is 109 Å². The van der Waals surface area contributed by atoms with Gasteiger partial charge in [0.25, 0.3) is 0 Å². The molecule has 0 N–H and O–H groups in total. The summed E-state index contributed by atoms with van der Waals surface area (Å²) in [6, 6.07) is 64.3. The van der Waals surface area contributed by atoms with Crippen molar-refractivity contribution in [2.24, 2.45) is 0 Å².